The lowest BCUT2D eigenvalue weighted by molar-refractivity contribution is -0.113. The molecule has 0 aliphatic carbocycles. The van der Waals surface area contributed by atoms with Crippen LogP contribution in [0.4, 0.5) is 18.9 Å². The molecule has 1 amide bonds. The second kappa shape index (κ2) is 6.16. The number of anilines is 1. The molecule has 0 radical (unpaired) electrons. The minimum atomic E-state index is -5.04. The van der Waals surface area contributed by atoms with Crippen molar-refractivity contribution in [2.75, 3.05) is 5.32 Å². The van der Waals surface area contributed by atoms with Gasteiger partial charge in [-0.2, -0.15) is 13.2 Å². The number of alkyl halides is 3. The van der Waals surface area contributed by atoms with Gasteiger partial charge in [0, 0.05) is 11.3 Å². The fourth-order valence-electron chi connectivity index (χ4n) is 1.36. The van der Waals surface area contributed by atoms with Gasteiger partial charge >= 0.3 is 6.18 Å². The van der Waals surface area contributed by atoms with Crippen molar-refractivity contribution in [1.82, 2.24) is 0 Å². The van der Waals surface area contributed by atoms with Gasteiger partial charge in [-0.05, 0) is 24.2 Å². The predicted molar refractivity (Wildman–Crippen MR) is 66.6 cm³/mol. The van der Waals surface area contributed by atoms with Crippen molar-refractivity contribution in [1.29, 1.82) is 0 Å². The Kier molecular flexibility index (Phi) is 4.79. The maximum atomic E-state index is 12.3. The molecule has 1 aromatic carbocycles. The summed E-state index contributed by atoms with van der Waals surface area (Å²) in [5.74, 6) is -3.83. The van der Waals surface area contributed by atoms with Crippen molar-refractivity contribution in [2.24, 2.45) is 5.18 Å². The Morgan fingerprint density at radius 3 is 2.38 bits per heavy atom. The zero-order valence-corrected chi connectivity index (χ0v) is 10.6. The van der Waals surface area contributed by atoms with Gasteiger partial charge in [-0.3, -0.25) is 9.59 Å². The molecule has 0 saturated heterocycles. The molecule has 0 spiro atoms. The Hall–Kier alpha value is -2.71. The number of hydrogen-bond donors (Lipinski definition) is 2. The summed E-state index contributed by atoms with van der Waals surface area (Å²) in [5.41, 5.74) is -1.65. The molecule has 0 fully saturated rings. The number of aliphatic hydroxyl groups is 1. The summed E-state index contributed by atoms with van der Waals surface area (Å²) in [4.78, 5) is 32.9. The fraction of sp³-hybridized carbons (Fsp3) is 0.167. The maximum Gasteiger partial charge on any atom is 0.454 e. The lowest BCUT2D eigenvalue weighted by atomic mass is 10.1. The molecule has 0 saturated carbocycles. The third kappa shape index (κ3) is 4.13. The Morgan fingerprint density at radius 2 is 1.90 bits per heavy atom. The maximum absolute atomic E-state index is 12.3. The predicted octanol–water partition coefficient (Wildman–Crippen LogP) is 2.93. The smallest absolute Gasteiger partial charge is 0.454 e. The van der Waals surface area contributed by atoms with E-state index in [-0.39, 0.29) is 5.69 Å². The van der Waals surface area contributed by atoms with Gasteiger partial charge < -0.3 is 10.4 Å². The van der Waals surface area contributed by atoms with Gasteiger partial charge in [0.25, 0.3) is 11.7 Å². The molecule has 1 aromatic rings. The molecule has 112 valence electrons. The van der Waals surface area contributed by atoms with E-state index in [1.807, 2.05) is 0 Å². The SMILES string of the molecule is C/C(O)=C(\N=O)C(=O)Nc1cccc(C(=O)C(F)(F)F)c1. The van der Waals surface area contributed by atoms with Crippen LogP contribution in [0.2, 0.25) is 0 Å². The number of aliphatic hydroxyl groups excluding tert-OH is 1. The van der Waals surface area contributed by atoms with E-state index in [1.54, 1.807) is 0 Å². The molecule has 0 atom stereocenters. The first-order chi connectivity index (χ1) is 9.66. The van der Waals surface area contributed by atoms with E-state index in [0.717, 1.165) is 25.1 Å². The molecule has 0 aromatic heterocycles. The standard InChI is InChI=1S/C12H9F3N2O4/c1-6(18)9(17-21)11(20)16-8-4-2-3-7(5-8)10(19)12(13,14)15/h2-5,18H,1H3,(H,16,20)/b9-6+. The molecule has 0 aliphatic rings. The summed E-state index contributed by atoms with van der Waals surface area (Å²) >= 11 is 0. The van der Waals surface area contributed by atoms with Crippen LogP contribution < -0.4 is 5.32 Å². The normalized spacial score (nSPS) is 12.4. The van der Waals surface area contributed by atoms with Gasteiger partial charge in [0.1, 0.15) is 5.76 Å². The molecule has 9 heteroatoms. The summed E-state index contributed by atoms with van der Waals surface area (Å²) in [7, 11) is 0. The van der Waals surface area contributed by atoms with Crippen molar-refractivity contribution in [3.8, 4) is 0 Å². The summed E-state index contributed by atoms with van der Waals surface area (Å²) in [6.07, 6.45) is -5.04. The van der Waals surface area contributed by atoms with Gasteiger partial charge in [-0.25, -0.2) is 0 Å². The third-order valence-corrected chi connectivity index (χ3v) is 2.29. The van der Waals surface area contributed by atoms with Crippen LogP contribution in [0.1, 0.15) is 17.3 Å². The number of allylic oxidation sites excluding steroid dienone is 1. The second-order valence-electron chi connectivity index (χ2n) is 3.89. The molecule has 2 N–H and O–H groups in total. The first-order valence-electron chi connectivity index (χ1n) is 5.43. The molecular weight excluding hydrogens is 293 g/mol. The van der Waals surface area contributed by atoms with Gasteiger partial charge in [-0.1, -0.05) is 12.1 Å². The van der Waals surface area contributed by atoms with E-state index in [9.17, 15) is 27.7 Å². The van der Waals surface area contributed by atoms with Crippen molar-refractivity contribution in [3.63, 3.8) is 0 Å². The first-order valence-corrected chi connectivity index (χ1v) is 5.43. The highest BCUT2D eigenvalue weighted by Crippen LogP contribution is 2.23. The van der Waals surface area contributed by atoms with Crippen molar-refractivity contribution in [2.45, 2.75) is 13.1 Å². The van der Waals surface area contributed by atoms with Crippen LogP contribution in [0, 0.1) is 4.91 Å². The first kappa shape index (κ1) is 16.3. The summed E-state index contributed by atoms with van der Waals surface area (Å²) in [6, 6.07) is 4.05. The summed E-state index contributed by atoms with van der Waals surface area (Å²) < 4.78 is 36.9. The average Bonchev–Trinajstić information content (AvgIpc) is 2.37. The van der Waals surface area contributed by atoms with Crippen molar-refractivity contribution in [3.05, 3.63) is 46.2 Å². The van der Waals surface area contributed by atoms with Gasteiger partial charge in [-0.15, -0.1) is 4.91 Å². The average molecular weight is 302 g/mol. The molecule has 1 rings (SSSR count). The van der Waals surface area contributed by atoms with Crippen LogP contribution in [-0.4, -0.2) is 23.0 Å². The Bertz CT molecular complexity index is 619. The van der Waals surface area contributed by atoms with Crippen LogP contribution >= 0.6 is 0 Å². The summed E-state index contributed by atoms with van der Waals surface area (Å²) in [5, 5.41) is 13.4. The van der Waals surface area contributed by atoms with Crippen molar-refractivity contribution < 1.29 is 27.9 Å². The zero-order chi connectivity index (χ0) is 16.2. The minimum Gasteiger partial charge on any atom is -0.510 e. The monoisotopic (exact) mass is 302 g/mol. The van der Waals surface area contributed by atoms with Crippen LogP contribution in [-0.2, 0) is 4.79 Å². The number of nitrogens with zero attached hydrogens (tertiary/aromatic N) is 1. The van der Waals surface area contributed by atoms with Gasteiger partial charge in [0.15, 0.2) is 0 Å². The van der Waals surface area contributed by atoms with E-state index >= 15 is 0 Å². The Balaban J connectivity index is 3.03. The molecule has 0 unspecified atom stereocenters. The highest BCUT2D eigenvalue weighted by molar-refractivity contribution is 6.05. The highest BCUT2D eigenvalue weighted by Gasteiger charge is 2.39. The quantitative estimate of drug-likeness (QED) is 0.387. The number of halogens is 3. The topological polar surface area (TPSA) is 95.8 Å². The Morgan fingerprint density at radius 1 is 1.29 bits per heavy atom. The van der Waals surface area contributed by atoms with Crippen LogP contribution in [0.3, 0.4) is 0 Å². The lowest BCUT2D eigenvalue weighted by Gasteiger charge is -2.08. The summed E-state index contributed by atoms with van der Waals surface area (Å²) in [6.45, 7) is 1.04. The number of rotatable bonds is 4. The van der Waals surface area contributed by atoms with E-state index in [4.69, 9.17) is 5.11 Å². The molecule has 21 heavy (non-hydrogen) atoms. The molecule has 0 aliphatic heterocycles. The number of nitrogens with one attached hydrogen (secondary N) is 1. The number of Topliss-reactive ketones (excluding diaryl/α,β-unsaturated/α-hetero) is 1. The number of hydrogen-bond acceptors (Lipinski definition) is 5. The molecular formula is C12H9F3N2O4. The number of amides is 1. The van der Waals surface area contributed by atoms with E-state index in [2.05, 4.69) is 10.5 Å². The molecule has 6 nitrogen and oxygen atoms in total. The Labute approximate surface area is 116 Å². The number of ketones is 1. The van der Waals surface area contributed by atoms with E-state index in [0.29, 0.717) is 0 Å². The minimum absolute atomic E-state index is 0.155. The highest BCUT2D eigenvalue weighted by atomic mass is 19.4. The largest absolute Gasteiger partial charge is 0.510 e. The van der Waals surface area contributed by atoms with Gasteiger partial charge in [0.2, 0.25) is 5.70 Å². The van der Waals surface area contributed by atoms with Gasteiger partial charge in [0.05, 0.1) is 0 Å². The number of nitroso groups, excluding NO2 is 1. The lowest BCUT2D eigenvalue weighted by Crippen LogP contribution is -2.23. The van der Waals surface area contributed by atoms with Crippen molar-refractivity contribution >= 4 is 17.4 Å². The van der Waals surface area contributed by atoms with E-state index in [1.165, 1.54) is 6.07 Å². The molecule has 0 bridgehead atoms. The molecule has 0 heterocycles. The fourth-order valence-corrected chi connectivity index (χ4v) is 1.36. The second-order valence-corrected chi connectivity index (χ2v) is 3.89. The number of carbonyl (C=O) groups is 2. The third-order valence-electron chi connectivity index (χ3n) is 2.29. The van der Waals surface area contributed by atoms with Crippen LogP contribution in [0.15, 0.2) is 40.9 Å². The number of benzene rings is 1. The van der Waals surface area contributed by atoms with Crippen LogP contribution in [0.25, 0.3) is 0 Å². The zero-order valence-electron chi connectivity index (χ0n) is 10.6. The number of carbonyl (C=O) groups excluding carboxylic acids is 2. The van der Waals surface area contributed by atoms with E-state index < -0.39 is 34.9 Å². The van der Waals surface area contributed by atoms with Crippen LogP contribution in [0.5, 0.6) is 0 Å².